The van der Waals surface area contributed by atoms with Crippen LogP contribution in [-0.4, -0.2) is 23.8 Å². The molecule has 0 unspecified atom stereocenters. The second kappa shape index (κ2) is 8.37. The fourth-order valence-electron chi connectivity index (χ4n) is 2.99. The van der Waals surface area contributed by atoms with Gasteiger partial charge >= 0.3 is 5.97 Å². The number of hydrogen-bond acceptors (Lipinski definition) is 3. The number of aliphatic carboxylic acids is 1. The molecule has 0 saturated heterocycles. The lowest BCUT2D eigenvalue weighted by atomic mass is 10.1. The summed E-state index contributed by atoms with van der Waals surface area (Å²) in [4.78, 5) is 12.2. The molecule has 0 aromatic heterocycles. The highest BCUT2D eigenvalue weighted by Crippen LogP contribution is 2.30. The van der Waals surface area contributed by atoms with E-state index in [2.05, 4.69) is 0 Å². The lowest BCUT2D eigenvalue weighted by molar-refractivity contribution is -0.141. The van der Waals surface area contributed by atoms with E-state index in [4.69, 9.17) is 0 Å². The summed E-state index contributed by atoms with van der Waals surface area (Å²) >= 11 is 0. The largest absolute Gasteiger partial charge is 0.480 e. The molecule has 0 saturated carbocycles. The molecule has 0 amide bonds. The van der Waals surface area contributed by atoms with E-state index in [0.29, 0.717) is 11.1 Å². The van der Waals surface area contributed by atoms with E-state index in [0.717, 1.165) is 9.87 Å². The molecule has 3 aromatic carbocycles. The van der Waals surface area contributed by atoms with Gasteiger partial charge in [-0.25, -0.2) is 8.42 Å². The highest BCUT2D eigenvalue weighted by atomic mass is 32.2. The number of rotatable bonds is 7. The van der Waals surface area contributed by atoms with Crippen LogP contribution in [0, 0.1) is 6.92 Å². The Morgan fingerprint density at radius 2 is 1.43 bits per heavy atom. The third kappa shape index (κ3) is 4.30. The van der Waals surface area contributed by atoms with Gasteiger partial charge in [-0.2, -0.15) is 4.31 Å². The van der Waals surface area contributed by atoms with Crippen LogP contribution in [0.1, 0.15) is 22.7 Å². The lowest BCUT2D eigenvalue weighted by Crippen LogP contribution is -2.38. The van der Waals surface area contributed by atoms with Gasteiger partial charge in [-0.15, -0.1) is 0 Å². The van der Waals surface area contributed by atoms with E-state index in [1.807, 2.05) is 13.0 Å². The Morgan fingerprint density at radius 1 is 0.893 bits per heavy atom. The summed E-state index contributed by atoms with van der Waals surface area (Å²) in [5, 5.41) is 9.92. The van der Waals surface area contributed by atoms with E-state index in [1.165, 1.54) is 12.1 Å². The molecule has 1 N–H and O–H groups in total. The van der Waals surface area contributed by atoms with Gasteiger partial charge in [0.05, 0.1) is 4.90 Å². The molecule has 0 fully saturated rings. The summed E-state index contributed by atoms with van der Waals surface area (Å²) < 4.78 is 27.9. The van der Waals surface area contributed by atoms with E-state index in [-0.39, 0.29) is 11.4 Å². The summed E-state index contributed by atoms with van der Waals surface area (Å²) in [5.74, 6) is -1.22. The van der Waals surface area contributed by atoms with Crippen LogP contribution in [0.2, 0.25) is 0 Å². The molecule has 144 valence electrons. The van der Waals surface area contributed by atoms with Gasteiger partial charge in [-0.3, -0.25) is 4.79 Å². The number of hydrogen-bond donors (Lipinski definition) is 1. The van der Waals surface area contributed by atoms with Gasteiger partial charge in [0.2, 0.25) is 10.0 Å². The van der Waals surface area contributed by atoms with Crippen molar-refractivity contribution < 1.29 is 18.3 Å². The van der Waals surface area contributed by atoms with Crippen molar-refractivity contribution in [3.05, 3.63) is 102 Å². The maximum absolute atomic E-state index is 13.4. The van der Waals surface area contributed by atoms with Crippen molar-refractivity contribution in [3.63, 3.8) is 0 Å². The summed E-state index contributed by atoms with van der Waals surface area (Å²) in [5.41, 5.74) is 2.04. The zero-order chi connectivity index (χ0) is 20.1. The first-order chi connectivity index (χ1) is 13.4. The van der Waals surface area contributed by atoms with Crippen LogP contribution >= 0.6 is 0 Å². The first kappa shape index (κ1) is 19.8. The molecular formula is C22H21NO4S. The van der Waals surface area contributed by atoms with E-state index >= 15 is 0 Å². The van der Waals surface area contributed by atoms with Gasteiger partial charge in [0, 0.05) is 6.54 Å². The predicted molar refractivity (Wildman–Crippen MR) is 107 cm³/mol. The Balaban J connectivity index is 2.13. The Bertz CT molecular complexity index is 1030. The second-order valence-electron chi connectivity index (χ2n) is 6.50. The first-order valence-electron chi connectivity index (χ1n) is 8.80. The SMILES string of the molecule is Cc1ccc(S(=O)(=O)N(Cc2ccccc2)[C@@H](C(=O)O)c2ccccc2)cc1. The molecule has 0 aliphatic heterocycles. The van der Waals surface area contributed by atoms with Gasteiger partial charge in [-0.05, 0) is 30.2 Å². The van der Waals surface area contributed by atoms with Crippen LogP contribution in [0.5, 0.6) is 0 Å². The number of nitrogens with zero attached hydrogens (tertiary/aromatic N) is 1. The van der Waals surface area contributed by atoms with Crippen LogP contribution in [0.15, 0.2) is 89.8 Å². The van der Waals surface area contributed by atoms with E-state index in [9.17, 15) is 18.3 Å². The van der Waals surface area contributed by atoms with Crippen LogP contribution in [0.25, 0.3) is 0 Å². The van der Waals surface area contributed by atoms with Crippen LogP contribution in [0.4, 0.5) is 0 Å². The summed E-state index contributed by atoms with van der Waals surface area (Å²) in [7, 11) is -4.06. The number of carboxylic acid groups (broad SMARTS) is 1. The minimum Gasteiger partial charge on any atom is -0.480 e. The molecule has 1 atom stereocenters. The Labute approximate surface area is 164 Å². The maximum Gasteiger partial charge on any atom is 0.326 e. The number of aryl methyl sites for hydroxylation is 1. The van der Waals surface area contributed by atoms with E-state index in [1.54, 1.807) is 66.7 Å². The molecule has 0 aliphatic rings. The number of carboxylic acids is 1. The standard InChI is InChI=1S/C22H21NO4S/c1-17-12-14-20(15-13-17)28(26,27)23(16-18-8-4-2-5-9-18)21(22(24)25)19-10-6-3-7-11-19/h2-15,21H,16H2,1H3,(H,24,25)/t21-/m1/s1. The van der Waals surface area contributed by atoms with Crippen molar-refractivity contribution in [1.82, 2.24) is 4.31 Å². The molecule has 3 rings (SSSR count). The quantitative estimate of drug-likeness (QED) is 0.656. The molecule has 3 aromatic rings. The molecule has 5 nitrogen and oxygen atoms in total. The Kier molecular flexibility index (Phi) is 5.92. The normalized spacial score (nSPS) is 12.6. The van der Waals surface area contributed by atoms with Gasteiger partial charge in [0.25, 0.3) is 0 Å². The molecule has 28 heavy (non-hydrogen) atoms. The van der Waals surface area contributed by atoms with Gasteiger partial charge in [0.15, 0.2) is 0 Å². The third-order valence-electron chi connectivity index (χ3n) is 4.45. The molecular weight excluding hydrogens is 374 g/mol. The third-order valence-corrected chi connectivity index (χ3v) is 6.27. The monoisotopic (exact) mass is 395 g/mol. The highest BCUT2D eigenvalue weighted by Gasteiger charge is 2.37. The van der Waals surface area contributed by atoms with Crippen molar-refractivity contribution in [2.75, 3.05) is 0 Å². The van der Waals surface area contributed by atoms with Crippen molar-refractivity contribution in [3.8, 4) is 0 Å². The lowest BCUT2D eigenvalue weighted by Gasteiger charge is -2.28. The topological polar surface area (TPSA) is 74.7 Å². The van der Waals surface area contributed by atoms with Crippen molar-refractivity contribution in [2.24, 2.45) is 0 Å². The number of benzene rings is 3. The Hall–Kier alpha value is -2.96. The molecule has 0 aliphatic carbocycles. The average molecular weight is 395 g/mol. The fourth-order valence-corrected chi connectivity index (χ4v) is 4.55. The van der Waals surface area contributed by atoms with Gasteiger partial charge < -0.3 is 5.11 Å². The molecule has 0 spiro atoms. The predicted octanol–water partition coefficient (Wildman–Crippen LogP) is 4.01. The van der Waals surface area contributed by atoms with Crippen LogP contribution in [0.3, 0.4) is 0 Å². The highest BCUT2D eigenvalue weighted by molar-refractivity contribution is 7.89. The van der Waals surface area contributed by atoms with Gasteiger partial charge in [-0.1, -0.05) is 78.4 Å². The Morgan fingerprint density at radius 3 is 1.96 bits per heavy atom. The van der Waals surface area contributed by atoms with Gasteiger partial charge in [0.1, 0.15) is 6.04 Å². The number of sulfonamides is 1. The minimum absolute atomic E-state index is 0.0527. The van der Waals surface area contributed by atoms with Crippen molar-refractivity contribution in [2.45, 2.75) is 24.4 Å². The number of carbonyl (C=O) groups is 1. The zero-order valence-corrected chi connectivity index (χ0v) is 16.2. The summed E-state index contributed by atoms with van der Waals surface area (Å²) in [6.45, 7) is 1.81. The summed E-state index contributed by atoms with van der Waals surface area (Å²) in [6.07, 6.45) is 0. The zero-order valence-electron chi connectivity index (χ0n) is 15.4. The summed E-state index contributed by atoms with van der Waals surface area (Å²) in [6, 6.07) is 22.5. The minimum atomic E-state index is -4.06. The molecule has 0 radical (unpaired) electrons. The first-order valence-corrected chi connectivity index (χ1v) is 10.2. The fraction of sp³-hybridized carbons (Fsp3) is 0.136. The van der Waals surface area contributed by atoms with Crippen LogP contribution in [-0.2, 0) is 21.4 Å². The molecule has 6 heteroatoms. The molecule has 0 bridgehead atoms. The van der Waals surface area contributed by atoms with Crippen molar-refractivity contribution in [1.29, 1.82) is 0 Å². The smallest absolute Gasteiger partial charge is 0.326 e. The average Bonchev–Trinajstić information content (AvgIpc) is 2.69. The maximum atomic E-state index is 13.4. The van der Waals surface area contributed by atoms with E-state index < -0.39 is 22.0 Å². The molecule has 0 heterocycles. The van der Waals surface area contributed by atoms with Crippen LogP contribution < -0.4 is 0 Å². The van der Waals surface area contributed by atoms with Crippen molar-refractivity contribution >= 4 is 16.0 Å². The second-order valence-corrected chi connectivity index (χ2v) is 8.39.